The van der Waals surface area contributed by atoms with Crippen molar-refractivity contribution >= 4 is 27.5 Å². The SMILES string of the molecule is Clc1nnc(C2CC2)n1-c1ccccc1Br. The van der Waals surface area contributed by atoms with Crippen LogP contribution in [0.25, 0.3) is 5.69 Å². The zero-order chi connectivity index (χ0) is 11.1. The molecule has 3 nitrogen and oxygen atoms in total. The Balaban J connectivity index is 2.18. The van der Waals surface area contributed by atoms with E-state index in [-0.39, 0.29) is 0 Å². The van der Waals surface area contributed by atoms with Crippen LogP contribution < -0.4 is 0 Å². The van der Waals surface area contributed by atoms with Gasteiger partial charge < -0.3 is 0 Å². The molecule has 16 heavy (non-hydrogen) atoms. The van der Waals surface area contributed by atoms with Crippen LogP contribution in [-0.4, -0.2) is 14.8 Å². The lowest BCUT2D eigenvalue weighted by Gasteiger charge is -2.08. The van der Waals surface area contributed by atoms with E-state index < -0.39 is 0 Å². The van der Waals surface area contributed by atoms with Crippen molar-refractivity contribution < 1.29 is 0 Å². The molecule has 1 aliphatic rings. The largest absolute Gasteiger partial charge is 0.268 e. The normalized spacial score (nSPS) is 15.4. The van der Waals surface area contributed by atoms with Crippen molar-refractivity contribution in [2.45, 2.75) is 18.8 Å². The first-order valence-corrected chi connectivity index (χ1v) is 6.30. The fraction of sp³-hybridized carbons (Fsp3) is 0.273. The molecule has 1 aliphatic carbocycles. The molecule has 3 rings (SSSR count). The first-order valence-electron chi connectivity index (χ1n) is 5.13. The summed E-state index contributed by atoms with van der Waals surface area (Å²) in [5.74, 6) is 1.49. The molecule has 1 saturated carbocycles. The topological polar surface area (TPSA) is 30.7 Å². The van der Waals surface area contributed by atoms with Crippen LogP contribution in [-0.2, 0) is 0 Å². The van der Waals surface area contributed by atoms with E-state index in [2.05, 4.69) is 26.1 Å². The maximum absolute atomic E-state index is 6.09. The summed E-state index contributed by atoms with van der Waals surface area (Å²) in [5.41, 5.74) is 0.999. The summed E-state index contributed by atoms with van der Waals surface area (Å²) in [5, 5.41) is 8.53. The molecule has 0 radical (unpaired) electrons. The van der Waals surface area contributed by atoms with Gasteiger partial charge in [-0.1, -0.05) is 12.1 Å². The van der Waals surface area contributed by atoms with Gasteiger partial charge >= 0.3 is 0 Å². The monoisotopic (exact) mass is 297 g/mol. The van der Waals surface area contributed by atoms with Gasteiger partial charge in [-0.25, -0.2) is 0 Å². The highest BCUT2D eigenvalue weighted by Gasteiger charge is 2.30. The molecule has 1 aromatic heterocycles. The fourth-order valence-corrected chi connectivity index (χ4v) is 2.42. The summed E-state index contributed by atoms with van der Waals surface area (Å²) in [6.07, 6.45) is 2.36. The molecule has 0 unspecified atom stereocenters. The summed E-state index contributed by atoms with van der Waals surface area (Å²) >= 11 is 9.61. The molecule has 0 N–H and O–H groups in total. The van der Waals surface area contributed by atoms with Crippen molar-refractivity contribution in [1.82, 2.24) is 14.8 Å². The number of nitrogens with zero attached hydrogens (tertiary/aromatic N) is 3. The van der Waals surface area contributed by atoms with Crippen molar-refractivity contribution in [3.05, 3.63) is 39.8 Å². The van der Waals surface area contributed by atoms with Crippen LogP contribution in [0.5, 0.6) is 0 Å². The Labute approximate surface area is 107 Å². The Kier molecular flexibility index (Phi) is 2.48. The third-order valence-corrected chi connectivity index (χ3v) is 3.60. The smallest absolute Gasteiger partial charge is 0.229 e. The van der Waals surface area contributed by atoms with Gasteiger partial charge in [0.15, 0.2) is 0 Å². The average molecular weight is 299 g/mol. The Morgan fingerprint density at radius 1 is 1.25 bits per heavy atom. The van der Waals surface area contributed by atoms with Crippen molar-refractivity contribution in [3.63, 3.8) is 0 Å². The zero-order valence-electron chi connectivity index (χ0n) is 8.40. The van der Waals surface area contributed by atoms with Gasteiger partial charge in [0.25, 0.3) is 0 Å². The summed E-state index contributed by atoms with van der Waals surface area (Å²) in [6.45, 7) is 0. The van der Waals surface area contributed by atoms with Crippen LogP contribution in [0, 0.1) is 0 Å². The molecule has 1 aromatic carbocycles. The second kappa shape index (κ2) is 3.86. The molecular weight excluding hydrogens is 289 g/mol. The van der Waals surface area contributed by atoms with Gasteiger partial charge in [0.2, 0.25) is 5.28 Å². The molecule has 1 heterocycles. The van der Waals surface area contributed by atoms with Gasteiger partial charge in [0.1, 0.15) is 5.82 Å². The van der Waals surface area contributed by atoms with Gasteiger partial charge in [-0.15, -0.1) is 10.2 Å². The molecule has 1 fully saturated rings. The second-order valence-corrected chi connectivity index (χ2v) is 5.08. The van der Waals surface area contributed by atoms with Crippen LogP contribution in [0.2, 0.25) is 5.28 Å². The first-order chi connectivity index (χ1) is 7.77. The van der Waals surface area contributed by atoms with E-state index in [1.807, 2.05) is 28.8 Å². The molecule has 0 bridgehead atoms. The lowest BCUT2D eigenvalue weighted by molar-refractivity contribution is 0.869. The maximum atomic E-state index is 6.09. The van der Waals surface area contributed by atoms with Gasteiger partial charge in [0, 0.05) is 10.4 Å². The van der Waals surface area contributed by atoms with Crippen molar-refractivity contribution in [2.75, 3.05) is 0 Å². The van der Waals surface area contributed by atoms with E-state index in [9.17, 15) is 0 Å². The predicted molar refractivity (Wildman–Crippen MR) is 66.0 cm³/mol. The highest BCUT2D eigenvalue weighted by molar-refractivity contribution is 9.10. The molecule has 0 amide bonds. The standard InChI is InChI=1S/C11H9BrClN3/c12-8-3-1-2-4-9(8)16-10(7-5-6-7)14-15-11(16)13/h1-4,7H,5-6H2. The van der Waals surface area contributed by atoms with Crippen molar-refractivity contribution in [3.8, 4) is 5.69 Å². The summed E-state index contributed by atoms with van der Waals surface area (Å²) in [7, 11) is 0. The van der Waals surface area contributed by atoms with E-state index in [0.29, 0.717) is 11.2 Å². The number of aromatic nitrogens is 3. The number of rotatable bonds is 2. The third-order valence-electron chi connectivity index (χ3n) is 2.68. The Morgan fingerprint density at radius 2 is 2.00 bits per heavy atom. The van der Waals surface area contributed by atoms with Gasteiger partial charge in [-0.05, 0) is 52.5 Å². The molecular formula is C11H9BrClN3. The van der Waals surface area contributed by atoms with Crippen molar-refractivity contribution in [2.24, 2.45) is 0 Å². The molecule has 0 atom stereocenters. The Morgan fingerprint density at radius 3 is 2.69 bits per heavy atom. The van der Waals surface area contributed by atoms with E-state index >= 15 is 0 Å². The van der Waals surface area contributed by atoms with Crippen LogP contribution in [0.1, 0.15) is 24.6 Å². The predicted octanol–water partition coefficient (Wildman–Crippen LogP) is 3.56. The molecule has 5 heteroatoms. The van der Waals surface area contributed by atoms with Gasteiger partial charge in [0.05, 0.1) is 5.69 Å². The van der Waals surface area contributed by atoms with Crippen LogP contribution in [0.15, 0.2) is 28.7 Å². The van der Waals surface area contributed by atoms with Crippen LogP contribution >= 0.6 is 27.5 Å². The van der Waals surface area contributed by atoms with Crippen molar-refractivity contribution in [1.29, 1.82) is 0 Å². The quantitative estimate of drug-likeness (QED) is 0.849. The summed E-state index contributed by atoms with van der Waals surface area (Å²) in [6, 6.07) is 7.95. The fourth-order valence-electron chi connectivity index (χ4n) is 1.74. The molecule has 0 spiro atoms. The van der Waals surface area contributed by atoms with Crippen LogP contribution in [0.4, 0.5) is 0 Å². The third kappa shape index (κ3) is 1.66. The highest BCUT2D eigenvalue weighted by atomic mass is 79.9. The summed E-state index contributed by atoms with van der Waals surface area (Å²) < 4.78 is 2.92. The number of halogens is 2. The molecule has 0 saturated heterocycles. The van der Waals surface area contributed by atoms with Gasteiger partial charge in [-0.2, -0.15) is 0 Å². The molecule has 0 aliphatic heterocycles. The minimum absolute atomic E-state index is 0.425. The van der Waals surface area contributed by atoms with Gasteiger partial charge in [-0.3, -0.25) is 4.57 Å². The minimum atomic E-state index is 0.425. The zero-order valence-corrected chi connectivity index (χ0v) is 10.7. The number of hydrogen-bond donors (Lipinski definition) is 0. The van der Waals surface area contributed by atoms with E-state index in [0.717, 1.165) is 16.0 Å². The highest BCUT2D eigenvalue weighted by Crippen LogP contribution is 2.41. The Bertz CT molecular complexity index is 534. The lowest BCUT2D eigenvalue weighted by Crippen LogP contribution is -2.00. The maximum Gasteiger partial charge on any atom is 0.229 e. The minimum Gasteiger partial charge on any atom is -0.268 e. The number of para-hydroxylation sites is 1. The first kappa shape index (κ1) is 10.3. The van der Waals surface area contributed by atoms with E-state index in [1.165, 1.54) is 12.8 Å². The van der Waals surface area contributed by atoms with E-state index in [1.54, 1.807) is 0 Å². The number of benzene rings is 1. The number of hydrogen-bond acceptors (Lipinski definition) is 2. The van der Waals surface area contributed by atoms with Crippen LogP contribution in [0.3, 0.4) is 0 Å². The molecule has 2 aromatic rings. The lowest BCUT2D eigenvalue weighted by atomic mass is 10.3. The van der Waals surface area contributed by atoms with E-state index in [4.69, 9.17) is 11.6 Å². The Hall–Kier alpha value is -0.870. The second-order valence-electron chi connectivity index (χ2n) is 3.89. The molecule has 82 valence electrons. The summed E-state index contributed by atoms with van der Waals surface area (Å²) in [4.78, 5) is 0. The average Bonchev–Trinajstić information content (AvgIpc) is 3.04.